The molecule has 1 aliphatic heterocycles. The van der Waals surface area contributed by atoms with Crippen LogP contribution in [0.15, 0.2) is 18.2 Å². The van der Waals surface area contributed by atoms with Gasteiger partial charge in [0.1, 0.15) is 6.54 Å². The fraction of sp³-hybridized carbons (Fsp3) is 0.417. The van der Waals surface area contributed by atoms with E-state index in [1.54, 1.807) is 0 Å². The van der Waals surface area contributed by atoms with Crippen LogP contribution < -0.4 is 10.2 Å². The topological polar surface area (TPSA) is 52.6 Å². The number of para-hydroxylation sites is 1. The Kier molecular flexibility index (Phi) is 2.99. The van der Waals surface area contributed by atoms with Gasteiger partial charge in [0.05, 0.1) is 11.4 Å². The number of fused-ring (bicyclic) bond motifs is 1. The molecule has 2 N–H and O–H groups in total. The molecular weight excluding hydrogens is 204 g/mol. The standard InChI is InChI=1S/C12H16N2O2/c1-9-4-2-5-10-12(9)14(8-11(15)16)7-3-6-13-10/h2,4-5,13H,3,6-8H2,1H3,(H,15,16). The first-order valence-electron chi connectivity index (χ1n) is 5.48. The van der Waals surface area contributed by atoms with E-state index in [1.807, 2.05) is 30.0 Å². The number of rotatable bonds is 2. The molecule has 0 bridgehead atoms. The summed E-state index contributed by atoms with van der Waals surface area (Å²) in [4.78, 5) is 12.8. The molecule has 4 nitrogen and oxygen atoms in total. The molecule has 16 heavy (non-hydrogen) atoms. The predicted molar refractivity (Wildman–Crippen MR) is 64.1 cm³/mol. The van der Waals surface area contributed by atoms with Gasteiger partial charge in [0.25, 0.3) is 0 Å². The number of nitrogens with zero attached hydrogens (tertiary/aromatic N) is 1. The molecule has 1 aliphatic rings. The Morgan fingerprint density at radius 3 is 3.12 bits per heavy atom. The zero-order valence-electron chi connectivity index (χ0n) is 9.36. The van der Waals surface area contributed by atoms with Crippen molar-refractivity contribution in [3.05, 3.63) is 23.8 Å². The summed E-state index contributed by atoms with van der Waals surface area (Å²) in [6.07, 6.45) is 0.960. The Bertz CT molecular complexity index is 404. The van der Waals surface area contributed by atoms with Gasteiger partial charge in [-0.25, -0.2) is 0 Å². The number of benzene rings is 1. The van der Waals surface area contributed by atoms with Crippen LogP contribution in [0.1, 0.15) is 12.0 Å². The molecule has 0 amide bonds. The minimum absolute atomic E-state index is 0.0690. The molecule has 0 spiro atoms. The van der Waals surface area contributed by atoms with E-state index in [2.05, 4.69) is 5.32 Å². The summed E-state index contributed by atoms with van der Waals surface area (Å²) in [6.45, 7) is 3.77. The highest BCUT2D eigenvalue weighted by molar-refractivity contribution is 5.80. The maximum atomic E-state index is 10.8. The molecule has 2 rings (SSSR count). The van der Waals surface area contributed by atoms with Crippen molar-refractivity contribution in [1.29, 1.82) is 0 Å². The molecule has 1 heterocycles. The third-order valence-corrected chi connectivity index (χ3v) is 2.80. The van der Waals surface area contributed by atoms with Crippen LogP contribution >= 0.6 is 0 Å². The lowest BCUT2D eigenvalue weighted by Gasteiger charge is -2.24. The van der Waals surface area contributed by atoms with Gasteiger partial charge >= 0.3 is 5.97 Å². The first-order valence-corrected chi connectivity index (χ1v) is 5.48. The van der Waals surface area contributed by atoms with Crippen molar-refractivity contribution in [2.24, 2.45) is 0 Å². The van der Waals surface area contributed by atoms with E-state index in [0.717, 1.165) is 36.4 Å². The lowest BCUT2D eigenvalue weighted by Crippen LogP contribution is -2.30. The number of nitrogens with one attached hydrogen (secondary N) is 1. The first-order chi connectivity index (χ1) is 7.68. The molecule has 1 aromatic rings. The summed E-state index contributed by atoms with van der Waals surface area (Å²) in [6, 6.07) is 6.01. The van der Waals surface area contributed by atoms with Gasteiger partial charge in [-0.3, -0.25) is 4.79 Å². The minimum Gasteiger partial charge on any atom is -0.480 e. The summed E-state index contributed by atoms with van der Waals surface area (Å²) in [5.74, 6) is -0.781. The summed E-state index contributed by atoms with van der Waals surface area (Å²) < 4.78 is 0. The van der Waals surface area contributed by atoms with Crippen LogP contribution in [-0.4, -0.2) is 30.7 Å². The van der Waals surface area contributed by atoms with Gasteiger partial charge < -0.3 is 15.3 Å². The highest BCUT2D eigenvalue weighted by Gasteiger charge is 2.18. The molecule has 0 aromatic heterocycles. The molecule has 1 aromatic carbocycles. The second kappa shape index (κ2) is 4.43. The van der Waals surface area contributed by atoms with Crippen LogP contribution in [-0.2, 0) is 4.79 Å². The second-order valence-electron chi connectivity index (χ2n) is 4.07. The maximum Gasteiger partial charge on any atom is 0.323 e. The van der Waals surface area contributed by atoms with Crippen molar-refractivity contribution >= 4 is 17.3 Å². The summed E-state index contributed by atoms with van der Waals surface area (Å²) in [5.41, 5.74) is 3.19. The number of carboxylic acid groups (broad SMARTS) is 1. The Balaban J connectivity index is 2.38. The number of aryl methyl sites for hydroxylation is 1. The van der Waals surface area contributed by atoms with Crippen LogP contribution in [0.4, 0.5) is 11.4 Å². The van der Waals surface area contributed by atoms with Crippen molar-refractivity contribution in [2.75, 3.05) is 29.9 Å². The fourth-order valence-electron chi connectivity index (χ4n) is 2.15. The largest absolute Gasteiger partial charge is 0.480 e. The molecular formula is C12H16N2O2. The minimum atomic E-state index is -0.781. The summed E-state index contributed by atoms with van der Waals surface area (Å²) in [5, 5.41) is 12.2. The molecule has 0 aliphatic carbocycles. The van der Waals surface area contributed by atoms with Crippen LogP contribution in [0.5, 0.6) is 0 Å². The van der Waals surface area contributed by atoms with Crippen molar-refractivity contribution in [1.82, 2.24) is 0 Å². The molecule has 0 fully saturated rings. The molecule has 0 saturated heterocycles. The number of anilines is 2. The Labute approximate surface area is 94.9 Å². The van der Waals surface area contributed by atoms with Gasteiger partial charge in [0, 0.05) is 13.1 Å². The normalized spacial score (nSPS) is 14.9. The zero-order chi connectivity index (χ0) is 11.5. The summed E-state index contributed by atoms with van der Waals surface area (Å²) in [7, 11) is 0. The number of carboxylic acids is 1. The molecule has 0 saturated carbocycles. The molecule has 4 heteroatoms. The van der Waals surface area contributed by atoms with E-state index in [0.29, 0.717) is 0 Å². The average molecular weight is 220 g/mol. The molecule has 86 valence electrons. The highest BCUT2D eigenvalue weighted by atomic mass is 16.4. The number of hydrogen-bond donors (Lipinski definition) is 2. The lowest BCUT2D eigenvalue weighted by atomic mass is 10.1. The van der Waals surface area contributed by atoms with Gasteiger partial charge in [-0.15, -0.1) is 0 Å². The average Bonchev–Trinajstić information content (AvgIpc) is 2.41. The second-order valence-corrected chi connectivity index (χ2v) is 4.07. The van der Waals surface area contributed by atoms with Gasteiger partial charge in [-0.05, 0) is 25.0 Å². The lowest BCUT2D eigenvalue weighted by molar-refractivity contribution is -0.135. The first kappa shape index (κ1) is 10.8. The SMILES string of the molecule is Cc1cccc2c1N(CC(=O)O)CCCN2. The number of carbonyl (C=O) groups is 1. The van der Waals surface area contributed by atoms with Crippen molar-refractivity contribution < 1.29 is 9.90 Å². The summed E-state index contributed by atoms with van der Waals surface area (Å²) >= 11 is 0. The van der Waals surface area contributed by atoms with Gasteiger partial charge in [0.2, 0.25) is 0 Å². The van der Waals surface area contributed by atoms with Gasteiger partial charge in [-0.2, -0.15) is 0 Å². The highest BCUT2D eigenvalue weighted by Crippen LogP contribution is 2.31. The zero-order valence-corrected chi connectivity index (χ0v) is 9.36. The van der Waals surface area contributed by atoms with E-state index in [9.17, 15) is 4.79 Å². The number of hydrogen-bond acceptors (Lipinski definition) is 3. The van der Waals surface area contributed by atoms with Gasteiger partial charge in [-0.1, -0.05) is 12.1 Å². The third-order valence-electron chi connectivity index (χ3n) is 2.80. The van der Waals surface area contributed by atoms with Crippen molar-refractivity contribution in [2.45, 2.75) is 13.3 Å². The monoisotopic (exact) mass is 220 g/mol. The van der Waals surface area contributed by atoms with E-state index in [1.165, 1.54) is 0 Å². The van der Waals surface area contributed by atoms with Crippen LogP contribution in [0, 0.1) is 6.92 Å². The van der Waals surface area contributed by atoms with Crippen LogP contribution in [0.25, 0.3) is 0 Å². The van der Waals surface area contributed by atoms with Gasteiger partial charge in [0.15, 0.2) is 0 Å². The van der Waals surface area contributed by atoms with Crippen molar-refractivity contribution in [3.63, 3.8) is 0 Å². The Morgan fingerprint density at radius 1 is 1.56 bits per heavy atom. The Hall–Kier alpha value is -1.71. The molecule has 0 radical (unpaired) electrons. The quantitative estimate of drug-likeness (QED) is 0.796. The maximum absolute atomic E-state index is 10.8. The molecule has 0 unspecified atom stereocenters. The Morgan fingerprint density at radius 2 is 2.38 bits per heavy atom. The fourth-order valence-corrected chi connectivity index (χ4v) is 2.15. The smallest absolute Gasteiger partial charge is 0.323 e. The van der Waals surface area contributed by atoms with E-state index in [-0.39, 0.29) is 6.54 Å². The van der Waals surface area contributed by atoms with Crippen molar-refractivity contribution in [3.8, 4) is 0 Å². The van der Waals surface area contributed by atoms with E-state index < -0.39 is 5.97 Å². The molecule has 0 atom stereocenters. The van der Waals surface area contributed by atoms with Crippen LogP contribution in [0.2, 0.25) is 0 Å². The third kappa shape index (κ3) is 2.10. The number of aliphatic carboxylic acids is 1. The van der Waals surface area contributed by atoms with E-state index in [4.69, 9.17) is 5.11 Å². The van der Waals surface area contributed by atoms with Crippen LogP contribution in [0.3, 0.4) is 0 Å². The predicted octanol–water partition coefficient (Wildman–Crippen LogP) is 1.70. The van der Waals surface area contributed by atoms with E-state index >= 15 is 0 Å².